The van der Waals surface area contributed by atoms with Gasteiger partial charge in [0.25, 0.3) is 0 Å². The van der Waals surface area contributed by atoms with Crippen LogP contribution in [0.2, 0.25) is 0 Å². The van der Waals surface area contributed by atoms with Crippen molar-refractivity contribution < 1.29 is 9.53 Å². The van der Waals surface area contributed by atoms with Crippen LogP contribution in [0, 0.1) is 0 Å². The number of halogens is 1. The minimum atomic E-state index is 0.00471. The number of ether oxygens (including phenoxy) is 1. The van der Waals surface area contributed by atoms with Gasteiger partial charge in [0.05, 0.1) is 6.61 Å². The van der Waals surface area contributed by atoms with Crippen LogP contribution in [0.15, 0.2) is 10.7 Å². The fourth-order valence-electron chi connectivity index (χ4n) is 1.73. The first-order chi connectivity index (χ1) is 9.69. The lowest BCUT2D eigenvalue weighted by atomic mass is 10.3. The van der Waals surface area contributed by atoms with Crippen molar-refractivity contribution in [2.75, 3.05) is 32.1 Å². The van der Waals surface area contributed by atoms with E-state index in [4.69, 9.17) is 4.74 Å². The van der Waals surface area contributed by atoms with Crippen LogP contribution in [0.3, 0.4) is 0 Å². The molecule has 0 aliphatic heterocycles. The first kappa shape index (κ1) is 15.2. The molecular weight excluding hydrogens is 324 g/mol. The quantitative estimate of drug-likeness (QED) is 0.555. The summed E-state index contributed by atoms with van der Waals surface area (Å²) in [4.78, 5) is 20.3. The van der Waals surface area contributed by atoms with Crippen LogP contribution < -0.4 is 10.6 Å². The highest BCUT2D eigenvalue weighted by Gasteiger charge is 2.27. The third-order valence-electron chi connectivity index (χ3n) is 2.94. The van der Waals surface area contributed by atoms with E-state index in [2.05, 4.69) is 36.5 Å². The summed E-state index contributed by atoms with van der Waals surface area (Å²) in [6, 6.07) is 1.83. The SMILES string of the molecule is COCCNC(=O)CCNc1cc(Br)nc(C2CC2)n1. The zero-order valence-electron chi connectivity index (χ0n) is 11.5. The Morgan fingerprint density at radius 2 is 2.25 bits per heavy atom. The average molecular weight is 343 g/mol. The Labute approximate surface area is 126 Å². The van der Waals surface area contributed by atoms with E-state index in [1.165, 1.54) is 0 Å². The Hall–Kier alpha value is -1.21. The number of aromatic nitrogens is 2. The maximum atomic E-state index is 11.5. The highest BCUT2D eigenvalue weighted by molar-refractivity contribution is 9.10. The highest BCUT2D eigenvalue weighted by Crippen LogP contribution is 2.38. The topological polar surface area (TPSA) is 76.1 Å². The third-order valence-corrected chi connectivity index (χ3v) is 3.35. The summed E-state index contributed by atoms with van der Waals surface area (Å²) >= 11 is 3.39. The van der Waals surface area contributed by atoms with Crippen LogP contribution in [-0.2, 0) is 9.53 Å². The van der Waals surface area contributed by atoms with Gasteiger partial charge in [-0.1, -0.05) is 0 Å². The number of carbonyl (C=O) groups is 1. The highest BCUT2D eigenvalue weighted by atomic mass is 79.9. The lowest BCUT2D eigenvalue weighted by Gasteiger charge is -2.08. The number of rotatable bonds is 8. The fraction of sp³-hybridized carbons (Fsp3) is 0.615. The molecule has 0 unspecified atom stereocenters. The normalized spacial score (nSPS) is 14.1. The molecule has 0 atom stereocenters. The number of anilines is 1. The van der Waals surface area contributed by atoms with E-state index in [0.29, 0.717) is 32.0 Å². The van der Waals surface area contributed by atoms with Crippen molar-refractivity contribution in [1.82, 2.24) is 15.3 Å². The molecule has 1 aromatic rings. The summed E-state index contributed by atoms with van der Waals surface area (Å²) in [6.45, 7) is 1.62. The molecule has 6 nitrogen and oxygen atoms in total. The maximum absolute atomic E-state index is 11.5. The predicted octanol–water partition coefficient (Wildman–Crippen LogP) is 1.68. The van der Waals surface area contributed by atoms with Crippen molar-refractivity contribution in [3.05, 3.63) is 16.5 Å². The summed E-state index contributed by atoms with van der Waals surface area (Å²) in [7, 11) is 1.61. The molecule has 0 spiro atoms. The minimum absolute atomic E-state index is 0.00471. The van der Waals surface area contributed by atoms with Crippen LogP contribution in [0.25, 0.3) is 0 Å². The molecule has 1 aliphatic carbocycles. The number of hydrogen-bond acceptors (Lipinski definition) is 5. The lowest BCUT2D eigenvalue weighted by molar-refractivity contribution is -0.121. The zero-order valence-corrected chi connectivity index (χ0v) is 13.1. The van der Waals surface area contributed by atoms with E-state index >= 15 is 0 Å². The minimum Gasteiger partial charge on any atom is -0.383 e. The lowest BCUT2D eigenvalue weighted by Crippen LogP contribution is -2.28. The Kier molecular flexibility index (Phi) is 5.72. The summed E-state index contributed by atoms with van der Waals surface area (Å²) in [5.74, 6) is 2.15. The van der Waals surface area contributed by atoms with Gasteiger partial charge in [0.15, 0.2) is 0 Å². The molecule has 1 saturated carbocycles. The Balaban J connectivity index is 1.74. The number of methoxy groups -OCH3 is 1. The van der Waals surface area contributed by atoms with Gasteiger partial charge in [-0.25, -0.2) is 9.97 Å². The molecule has 2 N–H and O–H groups in total. The molecular formula is C13H19BrN4O2. The van der Waals surface area contributed by atoms with Crippen LogP contribution in [0.5, 0.6) is 0 Å². The van der Waals surface area contributed by atoms with Crippen molar-refractivity contribution >= 4 is 27.7 Å². The molecule has 2 rings (SSSR count). The predicted molar refractivity (Wildman–Crippen MR) is 79.7 cm³/mol. The standard InChI is InChI=1S/C13H19BrN4O2/c1-20-7-6-16-12(19)4-5-15-11-8-10(14)17-13(18-11)9-2-3-9/h8-9H,2-7H2,1H3,(H,16,19)(H,15,17,18). The van der Waals surface area contributed by atoms with Gasteiger partial charge in [-0.3, -0.25) is 4.79 Å². The smallest absolute Gasteiger partial charge is 0.221 e. The van der Waals surface area contributed by atoms with Crippen LogP contribution in [0.4, 0.5) is 5.82 Å². The average Bonchev–Trinajstić information content (AvgIpc) is 3.22. The summed E-state index contributed by atoms with van der Waals surface area (Å²) < 4.78 is 5.65. The molecule has 1 fully saturated rings. The summed E-state index contributed by atoms with van der Waals surface area (Å²) in [5.41, 5.74) is 0. The van der Waals surface area contributed by atoms with Gasteiger partial charge in [-0.15, -0.1) is 0 Å². The number of carbonyl (C=O) groups excluding carboxylic acids is 1. The van der Waals surface area contributed by atoms with E-state index in [-0.39, 0.29) is 5.91 Å². The molecule has 0 bridgehead atoms. The molecule has 0 saturated heterocycles. The first-order valence-corrected chi connectivity index (χ1v) is 7.52. The largest absolute Gasteiger partial charge is 0.383 e. The van der Waals surface area contributed by atoms with Gasteiger partial charge in [-0.2, -0.15) is 0 Å². The molecule has 1 heterocycles. The van der Waals surface area contributed by atoms with Crippen LogP contribution >= 0.6 is 15.9 Å². The molecule has 0 radical (unpaired) electrons. The Morgan fingerprint density at radius 3 is 2.95 bits per heavy atom. The fourth-order valence-corrected chi connectivity index (χ4v) is 2.13. The van der Waals surface area contributed by atoms with Gasteiger partial charge in [0, 0.05) is 38.6 Å². The molecule has 1 amide bonds. The van der Waals surface area contributed by atoms with Crippen molar-refractivity contribution in [2.24, 2.45) is 0 Å². The second-order valence-electron chi connectivity index (χ2n) is 4.73. The number of hydrogen-bond donors (Lipinski definition) is 2. The molecule has 110 valence electrons. The number of nitrogens with zero attached hydrogens (tertiary/aromatic N) is 2. The van der Waals surface area contributed by atoms with Gasteiger partial charge >= 0.3 is 0 Å². The second kappa shape index (κ2) is 7.54. The third kappa shape index (κ3) is 5.05. The number of nitrogens with one attached hydrogen (secondary N) is 2. The van der Waals surface area contributed by atoms with E-state index < -0.39 is 0 Å². The van der Waals surface area contributed by atoms with Gasteiger partial charge in [0.2, 0.25) is 5.91 Å². The molecule has 20 heavy (non-hydrogen) atoms. The van der Waals surface area contributed by atoms with Crippen molar-refractivity contribution in [3.63, 3.8) is 0 Å². The monoisotopic (exact) mass is 342 g/mol. The van der Waals surface area contributed by atoms with Gasteiger partial charge < -0.3 is 15.4 Å². The summed E-state index contributed by atoms with van der Waals surface area (Å²) in [6.07, 6.45) is 2.74. The molecule has 1 aromatic heterocycles. The maximum Gasteiger partial charge on any atom is 0.221 e. The van der Waals surface area contributed by atoms with Gasteiger partial charge in [-0.05, 0) is 28.8 Å². The molecule has 1 aliphatic rings. The van der Waals surface area contributed by atoms with Crippen LogP contribution in [-0.4, -0.2) is 42.7 Å². The zero-order chi connectivity index (χ0) is 14.4. The van der Waals surface area contributed by atoms with E-state index in [1.54, 1.807) is 7.11 Å². The molecule has 0 aromatic carbocycles. The molecule has 7 heteroatoms. The van der Waals surface area contributed by atoms with Crippen LogP contribution in [0.1, 0.15) is 31.0 Å². The first-order valence-electron chi connectivity index (χ1n) is 6.73. The van der Waals surface area contributed by atoms with Crippen molar-refractivity contribution in [3.8, 4) is 0 Å². The van der Waals surface area contributed by atoms with E-state index in [9.17, 15) is 4.79 Å². The van der Waals surface area contributed by atoms with Crippen molar-refractivity contribution in [2.45, 2.75) is 25.2 Å². The summed E-state index contributed by atoms with van der Waals surface area (Å²) in [5, 5.41) is 5.93. The second-order valence-corrected chi connectivity index (χ2v) is 5.54. The Bertz CT molecular complexity index is 466. The van der Waals surface area contributed by atoms with Gasteiger partial charge in [0.1, 0.15) is 16.2 Å². The number of amides is 1. The van der Waals surface area contributed by atoms with Crippen molar-refractivity contribution in [1.29, 1.82) is 0 Å². The van der Waals surface area contributed by atoms with E-state index in [1.807, 2.05) is 6.07 Å². The Morgan fingerprint density at radius 1 is 1.45 bits per heavy atom. The van der Waals surface area contributed by atoms with E-state index in [0.717, 1.165) is 29.1 Å².